The molecule has 3 heteroatoms. The van der Waals surface area contributed by atoms with E-state index in [-0.39, 0.29) is 17.7 Å². The van der Waals surface area contributed by atoms with Gasteiger partial charge in [-0.15, -0.1) is 0 Å². The highest BCUT2D eigenvalue weighted by Crippen LogP contribution is 2.48. The van der Waals surface area contributed by atoms with Crippen LogP contribution in [-0.4, -0.2) is 18.4 Å². The Kier molecular flexibility index (Phi) is 2.51. The third kappa shape index (κ3) is 1.49. The lowest BCUT2D eigenvalue weighted by Gasteiger charge is -2.28. The van der Waals surface area contributed by atoms with Crippen LogP contribution in [-0.2, 0) is 9.53 Å². The van der Waals surface area contributed by atoms with Crippen molar-refractivity contribution in [3.63, 3.8) is 0 Å². The first-order chi connectivity index (χ1) is 7.77. The average molecular weight is 221 g/mol. The van der Waals surface area contributed by atoms with Gasteiger partial charge in [-0.25, -0.2) is 0 Å². The van der Waals surface area contributed by atoms with Crippen molar-refractivity contribution in [3.05, 3.63) is 11.8 Å². The lowest BCUT2D eigenvalue weighted by atomic mass is 9.79. The Labute approximate surface area is 96.0 Å². The van der Waals surface area contributed by atoms with E-state index in [4.69, 9.17) is 10.5 Å². The zero-order valence-corrected chi connectivity index (χ0v) is 9.52. The number of carbonyl (C=O) groups excluding carboxylic acids is 1. The molecule has 88 valence electrons. The van der Waals surface area contributed by atoms with Crippen LogP contribution in [0.2, 0.25) is 0 Å². The van der Waals surface area contributed by atoms with Gasteiger partial charge < -0.3 is 10.5 Å². The number of Topliss-reactive ketones (excluding diaryl/α,β-unsaturated/α-hetero) is 1. The highest BCUT2D eigenvalue weighted by Gasteiger charge is 2.49. The summed E-state index contributed by atoms with van der Waals surface area (Å²) in [7, 11) is 0. The van der Waals surface area contributed by atoms with Crippen molar-refractivity contribution in [1.29, 1.82) is 0 Å². The van der Waals surface area contributed by atoms with Crippen molar-refractivity contribution in [3.8, 4) is 0 Å². The molecule has 4 unspecified atom stereocenters. The predicted octanol–water partition coefficient (Wildman–Crippen LogP) is 1.62. The van der Waals surface area contributed by atoms with Gasteiger partial charge in [0.25, 0.3) is 0 Å². The van der Waals surface area contributed by atoms with Crippen molar-refractivity contribution in [2.45, 2.75) is 38.1 Å². The second-order valence-corrected chi connectivity index (χ2v) is 5.42. The van der Waals surface area contributed by atoms with E-state index >= 15 is 0 Å². The molecule has 2 saturated carbocycles. The quantitative estimate of drug-likeness (QED) is 0.771. The Morgan fingerprint density at radius 2 is 2.19 bits per heavy atom. The summed E-state index contributed by atoms with van der Waals surface area (Å²) in [5, 5.41) is 0. The van der Waals surface area contributed by atoms with Crippen LogP contribution in [0.5, 0.6) is 0 Å². The van der Waals surface area contributed by atoms with Crippen LogP contribution in [0.4, 0.5) is 0 Å². The molecule has 2 aliphatic carbocycles. The van der Waals surface area contributed by atoms with Gasteiger partial charge in [-0.3, -0.25) is 4.79 Å². The monoisotopic (exact) mass is 221 g/mol. The molecule has 3 nitrogen and oxygen atoms in total. The Hall–Kier alpha value is -0.830. The molecule has 0 aromatic carbocycles. The van der Waals surface area contributed by atoms with Gasteiger partial charge in [0.15, 0.2) is 5.78 Å². The Bertz CT molecular complexity index is 335. The van der Waals surface area contributed by atoms with Crippen molar-refractivity contribution in [1.82, 2.24) is 0 Å². The van der Waals surface area contributed by atoms with Crippen LogP contribution >= 0.6 is 0 Å². The number of nitrogens with two attached hydrogens (primary N) is 1. The van der Waals surface area contributed by atoms with Crippen LogP contribution in [0, 0.1) is 17.8 Å². The van der Waals surface area contributed by atoms with Crippen LogP contribution in [0.15, 0.2) is 11.8 Å². The lowest BCUT2D eigenvalue weighted by molar-refractivity contribution is -0.121. The van der Waals surface area contributed by atoms with Crippen LogP contribution in [0.25, 0.3) is 0 Å². The van der Waals surface area contributed by atoms with Crippen LogP contribution in [0.3, 0.4) is 0 Å². The van der Waals surface area contributed by atoms with Crippen LogP contribution in [0.1, 0.15) is 32.1 Å². The summed E-state index contributed by atoms with van der Waals surface area (Å²) in [4.78, 5) is 12.4. The minimum atomic E-state index is 0.0895. The third-order valence-corrected chi connectivity index (χ3v) is 4.53. The van der Waals surface area contributed by atoms with E-state index in [1.807, 2.05) is 0 Å². The molecule has 2 bridgehead atoms. The average Bonchev–Trinajstić information content (AvgIpc) is 2.90. The molecule has 1 heterocycles. The second-order valence-electron chi connectivity index (χ2n) is 5.42. The molecule has 3 rings (SSSR count). The molecule has 2 fully saturated rings. The Morgan fingerprint density at radius 3 is 2.81 bits per heavy atom. The topological polar surface area (TPSA) is 52.3 Å². The summed E-state index contributed by atoms with van der Waals surface area (Å²) in [6.07, 6.45) is 7.11. The molecule has 1 aliphatic heterocycles. The van der Waals surface area contributed by atoms with Crippen molar-refractivity contribution >= 4 is 5.78 Å². The van der Waals surface area contributed by atoms with Gasteiger partial charge >= 0.3 is 0 Å². The van der Waals surface area contributed by atoms with E-state index in [9.17, 15) is 4.79 Å². The van der Waals surface area contributed by atoms with Gasteiger partial charge in [0.05, 0.1) is 12.9 Å². The number of ketones is 1. The number of fused-ring (bicyclic) bond motifs is 2. The Balaban J connectivity index is 1.77. The summed E-state index contributed by atoms with van der Waals surface area (Å²) in [5.74, 6) is 1.52. The number of carbonyl (C=O) groups is 1. The van der Waals surface area contributed by atoms with Crippen molar-refractivity contribution in [2.75, 3.05) is 6.61 Å². The molecular weight excluding hydrogens is 202 g/mol. The first kappa shape index (κ1) is 10.3. The summed E-state index contributed by atoms with van der Waals surface area (Å²) >= 11 is 0. The zero-order valence-electron chi connectivity index (χ0n) is 9.52. The molecular formula is C13H19NO2. The molecule has 0 aromatic rings. The third-order valence-electron chi connectivity index (χ3n) is 4.53. The molecule has 16 heavy (non-hydrogen) atoms. The molecule has 0 saturated heterocycles. The number of ether oxygens (including phenoxy) is 1. The number of hydrogen-bond donors (Lipinski definition) is 1. The molecule has 0 amide bonds. The fourth-order valence-electron chi connectivity index (χ4n) is 3.68. The van der Waals surface area contributed by atoms with E-state index in [1.54, 1.807) is 6.26 Å². The van der Waals surface area contributed by atoms with Gasteiger partial charge in [0.2, 0.25) is 0 Å². The smallest absolute Gasteiger partial charge is 0.166 e. The fraction of sp³-hybridized carbons (Fsp3) is 0.769. The van der Waals surface area contributed by atoms with Gasteiger partial charge in [-0.1, -0.05) is 0 Å². The van der Waals surface area contributed by atoms with Gasteiger partial charge in [0.1, 0.15) is 0 Å². The van der Waals surface area contributed by atoms with Crippen molar-refractivity contribution < 1.29 is 9.53 Å². The summed E-state index contributed by atoms with van der Waals surface area (Å²) < 4.78 is 5.25. The first-order valence-corrected chi connectivity index (χ1v) is 6.38. The van der Waals surface area contributed by atoms with Crippen molar-refractivity contribution in [2.24, 2.45) is 23.5 Å². The molecule has 0 aromatic heterocycles. The SMILES string of the molecule is NC1C2CCC(C2)C1C(=O)C1=COCCC1. The predicted molar refractivity (Wildman–Crippen MR) is 60.6 cm³/mol. The summed E-state index contributed by atoms with van der Waals surface area (Å²) in [5.41, 5.74) is 7.06. The minimum Gasteiger partial charge on any atom is -0.501 e. The highest BCUT2D eigenvalue weighted by molar-refractivity contribution is 5.98. The van der Waals surface area contributed by atoms with Gasteiger partial charge in [-0.05, 0) is 43.9 Å². The van der Waals surface area contributed by atoms with E-state index in [0.717, 1.165) is 25.0 Å². The van der Waals surface area contributed by atoms with Crippen LogP contribution < -0.4 is 5.73 Å². The summed E-state index contributed by atoms with van der Waals surface area (Å²) in [6, 6.07) is 0.106. The van der Waals surface area contributed by atoms with E-state index < -0.39 is 0 Å². The zero-order chi connectivity index (χ0) is 11.1. The molecule has 3 aliphatic rings. The highest BCUT2D eigenvalue weighted by atomic mass is 16.5. The maximum atomic E-state index is 12.4. The molecule has 0 radical (unpaired) electrons. The molecule has 2 N–H and O–H groups in total. The maximum absolute atomic E-state index is 12.4. The van der Waals surface area contributed by atoms with E-state index in [1.165, 1.54) is 19.3 Å². The lowest BCUT2D eigenvalue weighted by Crippen LogP contribution is -2.41. The fourth-order valence-corrected chi connectivity index (χ4v) is 3.68. The number of hydrogen-bond acceptors (Lipinski definition) is 3. The Morgan fingerprint density at radius 1 is 1.38 bits per heavy atom. The van der Waals surface area contributed by atoms with Gasteiger partial charge in [-0.2, -0.15) is 0 Å². The number of rotatable bonds is 2. The van der Waals surface area contributed by atoms with E-state index in [0.29, 0.717) is 11.8 Å². The molecule has 0 spiro atoms. The second kappa shape index (κ2) is 3.88. The largest absolute Gasteiger partial charge is 0.501 e. The minimum absolute atomic E-state index is 0.0895. The van der Waals surface area contributed by atoms with Gasteiger partial charge in [0, 0.05) is 17.5 Å². The maximum Gasteiger partial charge on any atom is 0.166 e. The summed E-state index contributed by atoms with van der Waals surface area (Å²) in [6.45, 7) is 0.750. The normalized spacial score (nSPS) is 41.7. The standard InChI is InChI=1S/C13H19NO2/c14-12-9-4-3-8(6-9)11(12)13(15)10-2-1-5-16-7-10/h7-9,11-12H,1-6,14H2. The molecule has 4 atom stereocenters. The van der Waals surface area contributed by atoms with E-state index in [2.05, 4.69) is 0 Å². The first-order valence-electron chi connectivity index (χ1n) is 6.38. The number of allylic oxidation sites excluding steroid dienone is 1.